The first-order valence-corrected chi connectivity index (χ1v) is 6.14. The third-order valence-electron chi connectivity index (χ3n) is 3.01. The number of ether oxygens (including phenoxy) is 1. The lowest BCUT2D eigenvalue weighted by molar-refractivity contribution is 0.0689. The molecular formula is C15H16N2O3. The van der Waals surface area contributed by atoms with Gasteiger partial charge >= 0.3 is 5.97 Å². The monoisotopic (exact) mass is 272 g/mol. The number of methoxy groups -OCH3 is 1. The zero-order chi connectivity index (χ0) is 14.5. The molecule has 0 saturated carbocycles. The van der Waals surface area contributed by atoms with Crippen LogP contribution in [0.2, 0.25) is 0 Å². The number of nitrogens with zero attached hydrogens (tertiary/aromatic N) is 2. The quantitative estimate of drug-likeness (QED) is 0.905. The van der Waals surface area contributed by atoms with Gasteiger partial charge in [-0.25, -0.2) is 9.78 Å². The van der Waals surface area contributed by atoms with Gasteiger partial charge in [-0.1, -0.05) is 6.07 Å². The average Bonchev–Trinajstić information content (AvgIpc) is 2.47. The number of pyridine rings is 1. The fraction of sp³-hybridized carbons (Fsp3) is 0.200. The highest BCUT2D eigenvalue weighted by Gasteiger charge is 2.12. The number of hydrogen-bond donors (Lipinski definition) is 1. The molecule has 0 fully saturated rings. The molecule has 0 aliphatic rings. The Hall–Kier alpha value is -2.56. The summed E-state index contributed by atoms with van der Waals surface area (Å²) in [6, 6.07) is 11.1. The minimum Gasteiger partial charge on any atom is -0.497 e. The number of anilines is 1. The van der Waals surface area contributed by atoms with Crippen molar-refractivity contribution in [2.45, 2.75) is 6.54 Å². The Morgan fingerprint density at radius 3 is 2.60 bits per heavy atom. The lowest BCUT2D eigenvalue weighted by Gasteiger charge is -2.20. The summed E-state index contributed by atoms with van der Waals surface area (Å²) in [5.74, 6) is -0.224. The summed E-state index contributed by atoms with van der Waals surface area (Å²) in [7, 11) is 3.52. The number of rotatable bonds is 5. The topological polar surface area (TPSA) is 62.7 Å². The van der Waals surface area contributed by atoms with Gasteiger partial charge < -0.3 is 14.7 Å². The molecule has 1 N–H and O–H groups in total. The van der Waals surface area contributed by atoms with Crippen LogP contribution in [0.3, 0.4) is 0 Å². The van der Waals surface area contributed by atoms with Crippen molar-refractivity contribution in [3.05, 3.63) is 53.9 Å². The summed E-state index contributed by atoms with van der Waals surface area (Å²) < 4.78 is 5.11. The predicted molar refractivity (Wildman–Crippen MR) is 76.3 cm³/mol. The minimum atomic E-state index is -1.01. The van der Waals surface area contributed by atoms with E-state index in [4.69, 9.17) is 9.84 Å². The summed E-state index contributed by atoms with van der Waals surface area (Å²) in [6.07, 6.45) is 1.49. The maximum atomic E-state index is 11.1. The van der Waals surface area contributed by atoms with E-state index in [2.05, 4.69) is 4.98 Å². The van der Waals surface area contributed by atoms with Crippen LogP contribution in [0.25, 0.3) is 0 Å². The SMILES string of the molecule is COc1ccc(N(C)Cc2cccnc2C(=O)O)cc1. The fourth-order valence-electron chi connectivity index (χ4n) is 1.94. The molecule has 1 aromatic heterocycles. The highest BCUT2D eigenvalue weighted by molar-refractivity contribution is 5.87. The largest absolute Gasteiger partial charge is 0.497 e. The molecule has 0 amide bonds. The summed E-state index contributed by atoms with van der Waals surface area (Å²) >= 11 is 0. The van der Waals surface area contributed by atoms with E-state index in [0.717, 1.165) is 11.4 Å². The van der Waals surface area contributed by atoms with Crippen LogP contribution in [0.1, 0.15) is 16.1 Å². The van der Waals surface area contributed by atoms with Crippen LogP contribution in [0.4, 0.5) is 5.69 Å². The zero-order valence-corrected chi connectivity index (χ0v) is 11.4. The Labute approximate surface area is 117 Å². The molecule has 0 spiro atoms. The van der Waals surface area contributed by atoms with Crippen molar-refractivity contribution >= 4 is 11.7 Å². The number of aromatic nitrogens is 1. The van der Waals surface area contributed by atoms with Crippen LogP contribution in [0.5, 0.6) is 5.75 Å². The van der Waals surface area contributed by atoms with Gasteiger partial charge in [0, 0.05) is 31.0 Å². The van der Waals surface area contributed by atoms with E-state index in [1.807, 2.05) is 36.2 Å². The molecule has 0 atom stereocenters. The second kappa shape index (κ2) is 6.06. The van der Waals surface area contributed by atoms with Crippen molar-refractivity contribution in [1.29, 1.82) is 0 Å². The molecule has 0 unspecified atom stereocenters. The summed E-state index contributed by atoms with van der Waals surface area (Å²) in [4.78, 5) is 17.0. The standard InChI is InChI=1S/C15H16N2O3/c1-17(12-5-7-13(20-2)8-6-12)10-11-4-3-9-16-14(11)15(18)19/h3-9H,10H2,1-2H3,(H,18,19). The van der Waals surface area contributed by atoms with Crippen molar-refractivity contribution < 1.29 is 14.6 Å². The van der Waals surface area contributed by atoms with Crippen LogP contribution < -0.4 is 9.64 Å². The second-order valence-electron chi connectivity index (χ2n) is 4.37. The average molecular weight is 272 g/mol. The van der Waals surface area contributed by atoms with Crippen LogP contribution >= 0.6 is 0 Å². The molecule has 0 aliphatic heterocycles. The third-order valence-corrected chi connectivity index (χ3v) is 3.01. The summed E-state index contributed by atoms with van der Waals surface area (Å²) in [5.41, 5.74) is 1.75. The third kappa shape index (κ3) is 3.06. The molecule has 5 nitrogen and oxygen atoms in total. The van der Waals surface area contributed by atoms with Gasteiger partial charge in [0.15, 0.2) is 5.69 Å². The van der Waals surface area contributed by atoms with E-state index in [0.29, 0.717) is 12.1 Å². The molecule has 0 radical (unpaired) electrons. The number of carboxylic acids is 1. The first-order valence-electron chi connectivity index (χ1n) is 6.14. The van der Waals surface area contributed by atoms with E-state index in [-0.39, 0.29) is 5.69 Å². The number of carbonyl (C=O) groups is 1. The van der Waals surface area contributed by atoms with E-state index in [1.165, 1.54) is 6.20 Å². The Balaban J connectivity index is 2.18. The Bertz CT molecular complexity index is 596. The predicted octanol–water partition coefficient (Wildman–Crippen LogP) is 2.42. The molecule has 104 valence electrons. The Morgan fingerprint density at radius 2 is 2.00 bits per heavy atom. The molecule has 1 aromatic carbocycles. The number of aromatic carboxylic acids is 1. The molecule has 2 aromatic rings. The number of benzene rings is 1. The van der Waals surface area contributed by atoms with Crippen molar-refractivity contribution in [2.24, 2.45) is 0 Å². The van der Waals surface area contributed by atoms with E-state index in [1.54, 1.807) is 19.2 Å². The maximum absolute atomic E-state index is 11.1. The second-order valence-corrected chi connectivity index (χ2v) is 4.37. The molecule has 1 heterocycles. The van der Waals surface area contributed by atoms with Crippen molar-refractivity contribution in [3.63, 3.8) is 0 Å². The van der Waals surface area contributed by atoms with Crippen LogP contribution in [-0.4, -0.2) is 30.2 Å². The normalized spacial score (nSPS) is 10.1. The molecule has 0 saturated heterocycles. The minimum absolute atomic E-state index is 0.0906. The first-order chi connectivity index (χ1) is 9.61. The van der Waals surface area contributed by atoms with Gasteiger partial charge in [0.1, 0.15) is 5.75 Å². The highest BCUT2D eigenvalue weighted by atomic mass is 16.5. The van der Waals surface area contributed by atoms with E-state index < -0.39 is 5.97 Å². The van der Waals surface area contributed by atoms with Crippen molar-refractivity contribution in [1.82, 2.24) is 4.98 Å². The van der Waals surface area contributed by atoms with E-state index in [9.17, 15) is 4.79 Å². The van der Waals surface area contributed by atoms with Crippen LogP contribution in [-0.2, 0) is 6.54 Å². The summed E-state index contributed by atoms with van der Waals surface area (Å²) in [6.45, 7) is 0.474. The van der Waals surface area contributed by atoms with Gasteiger partial charge in [-0.05, 0) is 30.3 Å². The van der Waals surface area contributed by atoms with Crippen LogP contribution in [0, 0.1) is 0 Å². The first kappa shape index (κ1) is 13.9. The molecule has 5 heteroatoms. The highest BCUT2D eigenvalue weighted by Crippen LogP contribution is 2.20. The van der Waals surface area contributed by atoms with Crippen molar-refractivity contribution in [3.8, 4) is 5.75 Å². The van der Waals surface area contributed by atoms with Crippen molar-refractivity contribution in [2.75, 3.05) is 19.1 Å². The van der Waals surface area contributed by atoms with E-state index >= 15 is 0 Å². The number of carboxylic acid groups (broad SMARTS) is 1. The Morgan fingerprint density at radius 1 is 1.30 bits per heavy atom. The fourth-order valence-corrected chi connectivity index (χ4v) is 1.94. The van der Waals surface area contributed by atoms with Gasteiger partial charge in [-0.2, -0.15) is 0 Å². The van der Waals surface area contributed by atoms with Crippen LogP contribution in [0.15, 0.2) is 42.6 Å². The molecule has 20 heavy (non-hydrogen) atoms. The molecule has 2 rings (SSSR count). The number of hydrogen-bond acceptors (Lipinski definition) is 4. The lowest BCUT2D eigenvalue weighted by Crippen LogP contribution is -2.19. The lowest BCUT2D eigenvalue weighted by atomic mass is 10.1. The van der Waals surface area contributed by atoms with Gasteiger partial charge in [-0.3, -0.25) is 0 Å². The zero-order valence-electron chi connectivity index (χ0n) is 11.4. The summed E-state index contributed by atoms with van der Waals surface area (Å²) in [5, 5.41) is 9.12. The molecule has 0 aliphatic carbocycles. The van der Waals surface area contributed by atoms with Gasteiger partial charge in [0.05, 0.1) is 7.11 Å². The van der Waals surface area contributed by atoms with Gasteiger partial charge in [-0.15, -0.1) is 0 Å². The molecular weight excluding hydrogens is 256 g/mol. The smallest absolute Gasteiger partial charge is 0.354 e. The van der Waals surface area contributed by atoms with Gasteiger partial charge in [0.2, 0.25) is 0 Å². The molecule has 0 bridgehead atoms. The van der Waals surface area contributed by atoms with Gasteiger partial charge in [0.25, 0.3) is 0 Å². The maximum Gasteiger partial charge on any atom is 0.354 e. The Kier molecular flexibility index (Phi) is 4.20.